The van der Waals surface area contributed by atoms with Gasteiger partial charge in [0.1, 0.15) is 5.82 Å². The molecule has 0 saturated carbocycles. The van der Waals surface area contributed by atoms with Crippen molar-refractivity contribution in [1.29, 1.82) is 0 Å². The summed E-state index contributed by atoms with van der Waals surface area (Å²) in [6, 6.07) is 8.15. The topological polar surface area (TPSA) is 65.1 Å². The zero-order chi connectivity index (χ0) is 16.3. The maximum atomic E-state index is 4.63. The van der Waals surface area contributed by atoms with Gasteiger partial charge in [0.15, 0.2) is 5.96 Å². The molecule has 0 atom stereocenters. The highest BCUT2D eigenvalue weighted by molar-refractivity contribution is 14.0. The molecule has 2 rings (SSSR count). The van der Waals surface area contributed by atoms with Crippen LogP contribution in [0.5, 0.6) is 0 Å². The van der Waals surface area contributed by atoms with Crippen molar-refractivity contribution in [3.8, 4) is 0 Å². The van der Waals surface area contributed by atoms with Crippen LogP contribution in [0, 0.1) is 0 Å². The molecule has 1 aromatic carbocycles. The molecule has 0 aliphatic carbocycles. The highest BCUT2D eigenvalue weighted by Crippen LogP contribution is 2.11. The van der Waals surface area contributed by atoms with Crippen molar-refractivity contribution in [3.63, 3.8) is 0 Å². The average molecular weight is 443 g/mol. The van der Waals surface area contributed by atoms with E-state index in [0.717, 1.165) is 55.3 Å². The fraction of sp³-hybridized carbons (Fsp3) is 0.556. The molecule has 24 heavy (non-hydrogen) atoms. The first kappa shape index (κ1) is 20.7. The molecule has 6 heteroatoms. The Bertz CT molecular complexity index is 575. The molecule has 0 bridgehead atoms. The first-order chi connectivity index (χ1) is 11.3. The van der Waals surface area contributed by atoms with Gasteiger partial charge in [0.25, 0.3) is 0 Å². The van der Waals surface area contributed by atoms with Gasteiger partial charge in [-0.3, -0.25) is 4.99 Å². The first-order valence-electron chi connectivity index (χ1n) is 8.79. The van der Waals surface area contributed by atoms with Crippen LogP contribution < -0.4 is 10.6 Å². The standard InChI is InChI=1S/C18H29N5.HI/c1-3-5-8-13-20-18(19-4-2)21-14-9-12-17-22-15-10-6-7-11-16(15)23-17;/h6-7,10-11H,3-5,8-9,12-14H2,1-2H3,(H,22,23)(H2,19,20,21);1H. The lowest BCUT2D eigenvalue weighted by Crippen LogP contribution is -2.37. The number of fused-ring (bicyclic) bond motifs is 1. The Morgan fingerprint density at radius 1 is 1.12 bits per heavy atom. The number of H-pyrrole nitrogens is 1. The number of nitrogens with zero attached hydrogens (tertiary/aromatic N) is 2. The fourth-order valence-corrected chi connectivity index (χ4v) is 2.48. The number of halogens is 1. The van der Waals surface area contributed by atoms with Gasteiger partial charge < -0.3 is 15.6 Å². The lowest BCUT2D eigenvalue weighted by molar-refractivity contribution is 0.681. The summed E-state index contributed by atoms with van der Waals surface area (Å²) in [4.78, 5) is 12.6. The van der Waals surface area contributed by atoms with E-state index >= 15 is 0 Å². The number of hydrogen-bond acceptors (Lipinski definition) is 2. The molecule has 5 nitrogen and oxygen atoms in total. The number of hydrogen-bond donors (Lipinski definition) is 3. The monoisotopic (exact) mass is 443 g/mol. The van der Waals surface area contributed by atoms with Gasteiger partial charge >= 0.3 is 0 Å². The van der Waals surface area contributed by atoms with Gasteiger partial charge in [0.05, 0.1) is 11.0 Å². The second kappa shape index (κ2) is 12.1. The molecule has 1 heterocycles. The van der Waals surface area contributed by atoms with E-state index in [9.17, 15) is 0 Å². The van der Waals surface area contributed by atoms with E-state index in [0.29, 0.717) is 0 Å². The van der Waals surface area contributed by atoms with Gasteiger partial charge in [0.2, 0.25) is 0 Å². The Balaban J connectivity index is 0.00000288. The summed E-state index contributed by atoms with van der Waals surface area (Å²) >= 11 is 0. The molecule has 0 radical (unpaired) electrons. The Morgan fingerprint density at radius 3 is 2.71 bits per heavy atom. The number of benzene rings is 1. The number of aromatic nitrogens is 2. The lowest BCUT2D eigenvalue weighted by atomic mass is 10.2. The maximum Gasteiger partial charge on any atom is 0.191 e. The highest BCUT2D eigenvalue weighted by Gasteiger charge is 2.01. The van der Waals surface area contributed by atoms with Gasteiger partial charge in [0, 0.05) is 26.1 Å². The zero-order valence-electron chi connectivity index (χ0n) is 14.8. The summed E-state index contributed by atoms with van der Waals surface area (Å²) in [6.07, 6.45) is 5.62. The number of rotatable bonds is 9. The van der Waals surface area contributed by atoms with Crippen molar-refractivity contribution < 1.29 is 0 Å². The van der Waals surface area contributed by atoms with Crippen LogP contribution in [0.2, 0.25) is 0 Å². The van der Waals surface area contributed by atoms with E-state index in [4.69, 9.17) is 0 Å². The summed E-state index contributed by atoms with van der Waals surface area (Å²) in [5, 5.41) is 6.69. The maximum absolute atomic E-state index is 4.63. The molecule has 0 unspecified atom stereocenters. The highest BCUT2D eigenvalue weighted by atomic mass is 127. The van der Waals surface area contributed by atoms with Crippen molar-refractivity contribution in [3.05, 3.63) is 30.1 Å². The van der Waals surface area contributed by atoms with Gasteiger partial charge in [-0.15, -0.1) is 24.0 Å². The molecule has 0 spiro atoms. The summed E-state index contributed by atoms with van der Waals surface area (Å²) in [6.45, 7) is 7.00. The number of para-hydroxylation sites is 2. The minimum atomic E-state index is 0. The van der Waals surface area contributed by atoms with Crippen LogP contribution in [0.25, 0.3) is 11.0 Å². The average Bonchev–Trinajstić information content (AvgIpc) is 2.98. The summed E-state index contributed by atoms with van der Waals surface area (Å²) < 4.78 is 0. The van der Waals surface area contributed by atoms with Crippen LogP contribution in [-0.2, 0) is 6.42 Å². The predicted octanol–water partition coefficient (Wildman–Crippen LogP) is 3.86. The summed E-state index contributed by atoms with van der Waals surface area (Å²) in [5.41, 5.74) is 2.15. The van der Waals surface area contributed by atoms with Crippen molar-refractivity contribution in [2.45, 2.75) is 46.0 Å². The first-order valence-corrected chi connectivity index (χ1v) is 8.79. The van der Waals surface area contributed by atoms with Crippen molar-refractivity contribution >= 4 is 41.0 Å². The molecule has 2 aromatic rings. The summed E-state index contributed by atoms with van der Waals surface area (Å²) in [7, 11) is 0. The van der Waals surface area contributed by atoms with Crippen LogP contribution in [-0.4, -0.2) is 35.6 Å². The normalized spacial score (nSPS) is 11.3. The lowest BCUT2D eigenvalue weighted by Gasteiger charge is -2.10. The molecule has 0 saturated heterocycles. The van der Waals surface area contributed by atoms with Crippen LogP contribution >= 0.6 is 24.0 Å². The van der Waals surface area contributed by atoms with E-state index in [1.54, 1.807) is 0 Å². The number of aryl methyl sites for hydroxylation is 1. The fourth-order valence-electron chi connectivity index (χ4n) is 2.48. The second-order valence-electron chi connectivity index (χ2n) is 5.70. The third-order valence-corrected chi connectivity index (χ3v) is 3.70. The van der Waals surface area contributed by atoms with Crippen LogP contribution in [0.1, 0.15) is 45.4 Å². The minimum Gasteiger partial charge on any atom is -0.357 e. The number of nitrogens with one attached hydrogen (secondary N) is 3. The van der Waals surface area contributed by atoms with Crippen molar-refractivity contribution in [2.75, 3.05) is 19.6 Å². The second-order valence-corrected chi connectivity index (χ2v) is 5.70. The van der Waals surface area contributed by atoms with E-state index < -0.39 is 0 Å². The van der Waals surface area contributed by atoms with Gasteiger partial charge in [-0.1, -0.05) is 31.9 Å². The summed E-state index contributed by atoms with van der Waals surface area (Å²) in [5.74, 6) is 1.97. The molecule has 0 aliphatic heterocycles. The molecule has 0 aliphatic rings. The number of aromatic amines is 1. The molecule has 0 amide bonds. The SMILES string of the molecule is CCCCCNC(=NCCCc1nc2ccccc2[nH]1)NCC.I. The number of aliphatic imine (C=N–C) groups is 1. The Kier molecular flexibility index (Phi) is 10.5. The van der Waals surface area contributed by atoms with E-state index in [1.807, 2.05) is 18.2 Å². The minimum absolute atomic E-state index is 0. The molecule has 3 N–H and O–H groups in total. The Labute approximate surface area is 162 Å². The van der Waals surface area contributed by atoms with E-state index in [-0.39, 0.29) is 24.0 Å². The molecular weight excluding hydrogens is 413 g/mol. The quantitative estimate of drug-likeness (QED) is 0.239. The van der Waals surface area contributed by atoms with Gasteiger partial charge in [-0.2, -0.15) is 0 Å². The van der Waals surface area contributed by atoms with Gasteiger partial charge in [-0.05, 0) is 31.9 Å². The molecule has 0 fully saturated rings. The van der Waals surface area contributed by atoms with Crippen LogP contribution in [0.4, 0.5) is 0 Å². The van der Waals surface area contributed by atoms with Crippen LogP contribution in [0.15, 0.2) is 29.3 Å². The van der Waals surface area contributed by atoms with E-state index in [1.165, 1.54) is 19.3 Å². The Hall–Kier alpha value is -1.31. The Morgan fingerprint density at radius 2 is 1.96 bits per heavy atom. The molecular formula is C18H30IN5. The predicted molar refractivity (Wildman–Crippen MR) is 113 cm³/mol. The number of guanidine groups is 1. The number of imidazole rings is 1. The van der Waals surface area contributed by atoms with Crippen molar-refractivity contribution in [1.82, 2.24) is 20.6 Å². The third kappa shape index (κ3) is 7.07. The molecule has 1 aromatic heterocycles. The third-order valence-electron chi connectivity index (χ3n) is 3.70. The zero-order valence-corrected chi connectivity index (χ0v) is 17.1. The van der Waals surface area contributed by atoms with Crippen LogP contribution in [0.3, 0.4) is 0 Å². The smallest absolute Gasteiger partial charge is 0.191 e. The number of unbranched alkanes of at least 4 members (excludes halogenated alkanes) is 2. The van der Waals surface area contributed by atoms with Gasteiger partial charge in [-0.25, -0.2) is 4.98 Å². The molecule has 134 valence electrons. The van der Waals surface area contributed by atoms with Crippen molar-refractivity contribution in [2.24, 2.45) is 4.99 Å². The largest absolute Gasteiger partial charge is 0.357 e. The van der Waals surface area contributed by atoms with E-state index in [2.05, 4.69) is 45.5 Å².